The van der Waals surface area contributed by atoms with E-state index in [-0.39, 0.29) is 29.6 Å². The first-order valence-corrected chi connectivity index (χ1v) is 9.14. The summed E-state index contributed by atoms with van der Waals surface area (Å²) < 4.78 is 26.6. The number of nitro benzene ring substituents is 1. The molecule has 9 nitrogen and oxygen atoms in total. The third-order valence-electron chi connectivity index (χ3n) is 3.35. The molecular weight excluding hydrogens is 358 g/mol. The highest BCUT2D eigenvalue weighted by Gasteiger charge is 2.16. The molecule has 10 heteroatoms. The molecule has 0 amide bonds. The first kappa shape index (κ1) is 19.3. The largest absolute Gasteiger partial charge is 0.370 e. The number of guanidine groups is 1. The molecule has 0 fully saturated rings. The van der Waals surface area contributed by atoms with Crippen LogP contribution in [0, 0.1) is 17.0 Å². The SMILES string of the molecule is Cc1ccc(NC(N)=NCCNS(=O)(=O)c2cccc([N+](=O)[O-])c2)cc1. The summed E-state index contributed by atoms with van der Waals surface area (Å²) in [4.78, 5) is 13.9. The third-order valence-corrected chi connectivity index (χ3v) is 4.81. The van der Waals surface area contributed by atoms with E-state index in [9.17, 15) is 18.5 Å². The molecule has 0 bridgehead atoms. The minimum Gasteiger partial charge on any atom is -0.370 e. The zero-order valence-electron chi connectivity index (χ0n) is 14.0. The number of non-ortho nitro benzene ring substituents is 1. The van der Waals surface area contributed by atoms with Crippen LogP contribution in [-0.4, -0.2) is 32.4 Å². The van der Waals surface area contributed by atoms with E-state index >= 15 is 0 Å². The predicted octanol–water partition coefficient (Wildman–Crippen LogP) is 1.61. The van der Waals surface area contributed by atoms with Crippen molar-refractivity contribution in [3.05, 3.63) is 64.2 Å². The summed E-state index contributed by atoms with van der Waals surface area (Å²) in [7, 11) is -3.86. The van der Waals surface area contributed by atoms with Gasteiger partial charge < -0.3 is 11.1 Å². The molecule has 0 aliphatic rings. The Morgan fingerprint density at radius 3 is 2.58 bits per heavy atom. The van der Waals surface area contributed by atoms with E-state index in [1.54, 1.807) is 0 Å². The average molecular weight is 377 g/mol. The van der Waals surface area contributed by atoms with Gasteiger partial charge in [0.1, 0.15) is 0 Å². The maximum absolute atomic E-state index is 12.1. The number of sulfonamides is 1. The van der Waals surface area contributed by atoms with E-state index in [2.05, 4.69) is 15.0 Å². The van der Waals surface area contributed by atoms with Gasteiger partial charge in [-0.1, -0.05) is 23.8 Å². The number of nitro groups is 1. The van der Waals surface area contributed by atoms with Crippen LogP contribution in [0.1, 0.15) is 5.56 Å². The molecule has 2 rings (SSSR count). The van der Waals surface area contributed by atoms with Crippen molar-refractivity contribution >= 4 is 27.4 Å². The molecule has 0 radical (unpaired) electrons. The van der Waals surface area contributed by atoms with E-state index < -0.39 is 14.9 Å². The molecule has 0 aliphatic heterocycles. The van der Waals surface area contributed by atoms with E-state index in [4.69, 9.17) is 5.73 Å². The van der Waals surface area contributed by atoms with Crippen LogP contribution >= 0.6 is 0 Å². The van der Waals surface area contributed by atoms with Crippen LogP contribution < -0.4 is 15.8 Å². The number of aryl methyl sites for hydroxylation is 1. The maximum atomic E-state index is 12.1. The van der Waals surface area contributed by atoms with Gasteiger partial charge in [-0.05, 0) is 25.1 Å². The van der Waals surface area contributed by atoms with Gasteiger partial charge in [-0.15, -0.1) is 0 Å². The minimum atomic E-state index is -3.86. The van der Waals surface area contributed by atoms with Gasteiger partial charge in [0.2, 0.25) is 10.0 Å². The van der Waals surface area contributed by atoms with Crippen molar-refractivity contribution in [2.75, 3.05) is 18.4 Å². The molecule has 2 aromatic rings. The second-order valence-electron chi connectivity index (χ2n) is 5.41. The fourth-order valence-corrected chi connectivity index (χ4v) is 3.09. The van der Waals surface area contributed by atoms with E-state index in [0.717, 1.165) is 17.3 Å². The normalized spacial score (nSPS) is 12.0. The molecule has 4 N–H and O–H groups in total. The number of nitrogens with one attached hydrogen (secondary N) is 2. The van der Waals surface area contributed by atoms with E-state index in [0.29, 0.717) is 0 Å². The van der Waals surface area contributed by atoms with Crippen molar-refractivity contribution in [3.63, 3.8) is 0 Å². The minimum absolute atomic E-state index is 0.00129. The smallest absolute Gasteiger partial charge is 0.270 e. The second kappa shape index (κ2) is 8.41. The Kier molecular flexibility index (Phi) is 6.26. The topological polar surface area (TPSA) is 140 Å². The van der Waals surface area contributed by atoms with Crippen LogP contribution in [0.3, 0.4) is 0 Å². The molecule has 0 atom stereocenters. The third kappa shape index (κ3) is 5.53. The Morgan fingerprint density at radius 1 is 1.23 bits per heavy atom. The highest BCUT2D eigenvalue weighted by atomic mass is 32.2. The van der Waals surface area contributed by atoms with Gasteiger partial charge in [0.15, 0.2) is 5.96 Å². The Hall–Kier alpha value is -2.98. The van der Waals surface area contributed by atoms with Crippen LogP contribution in [0.2, 0.25) is 0 Å². The van der Waals surface area contributed by atoms with Gasteiger partial charge in [0.25, 0.3) is 5.69 Å². The van der Waals surface area contributed by atoms with Gasteiger partial charge in [-0.3, -0.25) is 15.1 Å². The molecule has 26 heavy (non-hydrogen) atoms. The van der Waals surface area contributed by atoms with Crippen LogP contribution in [0.5, 0.6) is 0 Å². The summed E-state index contributed by atoms with van der Waals surface area (Å²) in [6.07, 6.45) is 0. The van der Waals surface area contributed by atoms with Crippen LogP contribution in [-0.2, 0) is 10.0 Å². The average Bonchev–Trinajstić information content (AvgIpc) is 2.61. The van der Waals surface area contributed by atoms with Crippen molar-refractivity contribution in [3.8, 4) is 0 Å². The lowest BCUT2D eigenvalue weighted by Gasteiger charge is -2.07. The van der Waals surface area contributed by atoms with Gasteiger partial charge in [-0.25, -0.2) is 13.1 Å². The van der Waals surface area contributed by atoms with Crippen molar-refractivity contribution in [2.45, 2.75) is 11.8 Å². The van der Waals surface area contributed by atoms with Crippen LogP contribution in [0.15, 0.2) is 58.4 Å². The Morgan fingerprint density at radius 2 is 1.92 bits per heavy atom. The van der Waals surface area contributed by atoms with Gasteiger partial charge >= 0.3 is 0 Å². The Balaban J connectivity index is 1.90. The first-order valence-electron chi connectivity index (χ1n) is 7.66. The molecule has 0 unspecified atom stereocenters. The quantitative estimate of drug-likeness (QED) is 0.220. The molecule has 0 heterocycles. The molecule has 138 valence electrons. The number of benzene rings is 2. The number of rotatable bonds is 7. The summed E-state index contributed by atoms with van der Waals surface area (Å²) >= 11 is 0. The van der Waals surface area contributed by atoms with Gasteiger partial charge in [-0.2, -0.15) is 0 Å². The van der Waals surface area contributed by atoms with Crippen molar-refractivity contribution in [2.24, 2.45) is 10.7 Å². The lowest BCUT2D eigenvalue weighted by atomic mass is 10.2. The summed E-state index contributed by atoms with van der Waals surface area (Å²) in [5, 5.41) is 13.6. The van der Waals surface area contributed by atoms with Crippen molar-refractivity contribution in [1.82, 2.24) is 4.72 Å². The fraction of sp³-hybridized carbons (Fsp3) is 0.188. The standard InChI is InChI=1S/C16H19N5O4S/c1-12-5-7-13(8-6-12)20-16(17)18-9-10-19-26(24,25)15-4-2-3-14(11-15)21(22)23/h2-8,11,19H,9-10H2,1H3,(H3,17,18,20). The van der Waals surface area contributed by atoms with Crippen molar-refractivity contribution < 1.29 is 13.3 Å². The number of anilines is 1. The molecule has 2 aromatic carbocycles. The molecule has 0 aromatic heterocycles. The van der Waals surface area contributed by atoms with Crippen LogP contribution in [0.25, 0.3) is 0 Å². The second-order valence-corrected chi connectivity index (χ2v) is 7.18. The van der Waals surface area contributed by atoms with E-state index in [1.165, 1.54) is 18.2 Å². The number of nitrogens with two attached hydrogens (primary N) is 1. The summed E-state index contributed by atoms with van der Waals surface area (Å²) in [5.41, 5.74) is 7.34. The van der Waals surface area contributed by atoms with Crippen molar-refractivity contribution in [1.29, 1.82) is 0 Å². The molecule has 0 aliphatic carbocycles. The van der Waals surface area contributed by atoms with Gasteiger partial charge in [0, 0.05) is 24.4 Å². The zero-order chi connectivity index (χ0) is 19.2. The number of hydrogen-bond acceptors (Lipinski definition) is 5. The summed E-state index contributed by atoms with van der Waals surface area (Å²) in [5.74, 6) is 0.156. The highest BCUT2D eigenvalue weighted by Crippen LogP contribution is 2.16. The molecular formula is C16H19N5O4S. The first-order chi connectivity index (χ1) is 12.3. The highest BCUT2D eigenvalue weighted by molar-refractivity contribution is 7.89. The Bertz CT molecular complexity index is 910. The lowest BCUT2D eigenvalue weighted by molar-refractivity contribution is -0.385. The molecule has 0 saturated heterocycles. The number of hydrogen-bond donors (Lipinski definition) is 3. The fourth-order valence-electron chi connectivity index (χ4n) is 2.03. The van der Waals surface area contributed by atoms with E-state index in [1.807, 2.05) is 31.2 Å². The maximum Gasteiger partial charge on any atom is 0.270 e. The van der Waals surface area contributed by atoms with Crippen LogP contribution in [0.4, 0.5) is 11.4 Å². The number of aliphatic imine (C=N–C) groups is 1. The lowest BCUT2D eigenvalue weighted by Crippen LogP contribution is -2.28. The molecule has 0 spiro atoms. The Labute approximate surface area is 151 Å². The van der Waals surface area contributed by atoms with Gasteiger partial charge in [0.05, 0.1) is 16.4 Å². The monoisotopic (exact) mass is 377 g/mol. The zero-order valence-corrected chi connectivity index (χ0v) is 14.9. The summed E-state index contributed by atoms with van der Waals surface area (Å²) in [6, 6.07) is 12.4. The predicted molar refractivity (Wildman–Crippen MR) is 99.6 cm³/mol. The molecule has 0 saturated carbocycles. The number of nitrogens with zero attached hydrogens (tertiary/aromatic N) is 2. The summed E-state index contributed by atoms with van der Waals surface area (Å²) in [6.45, 7) is 2.08.